The lowest BCUT2D eigenvalue weighted by Crippen LogP contribution is -2.29. The number of rotatable bonds is 12. The summed E-state index contributed by atoms with van der Waals surface area (Å²) in [5.41, 5.74) is 4.29. The quantitative estimate of drug-likeness (QED) is 0.293. The number of thiazole rings is 1. The van der Waals surface area contributed by atoms with E-state index >= 15 is 0 Å². The summed E-state index contributed by atoms with van der Waals surface area (Å²) in [5, 5.41) is 5.69. The summed E-state index contributed by atoms with van der Waals surface area (Å²) in [5.74, 6) is -0.560. The smallest absolute Gasteiger partial charge is 0.306 e. The largest absolute Gasteiger partial charge is 0.466 e. The van der Waals surface area contributed by atoms with Gasteiger partial charge in [0.05, 0.1) is 18.0 Å². The van der Waals surface area contributed by atoms with E-state index in [1.165, 1.54) is 16.9 Å². The molecule has 8 heteroatoms. The van der Waals surface area contributed by atoms with Crippen molar-refractivity contribution in [1.82, 2.24) is 9.88 Å². The Bertz CT molecular complexity index is 1210. The Morgan fingerprint density at radius 2 is 1.78 bits per heavy atom. The number of carbonyl (C=O) groups excluding carboxylic acids is 3. The fraction of sp³-hybridized carbons (Fsp3) is 0.379. The SMILES string of the molecule is CCOC(=O)CCC(=O)N(C)CCC(CC)c1nc(C(=O)Nc2ccccc2-c2ccc(C)cc2)cs1. The van der Waals surface area contributed by atoms with Gasteiger partial charge in [0.1, 0.15) is 5.69 Å². The van der Waals surface area contributed by atoms with Crippen LogP contribution < -0.4 is 5.32 Å². The maximum absolute atomic E-state index is 13.0. The zero-order chi connectivity index (χ0) is 26.8. The number of carbonyl (C=O) groups is 3. The molecule has 1 atom stereocenters. The molecule has 0 radical (unpaired) electrons. The van der Waals surface area contributed by atoms with Gasteiger partial charge in [-0.05, 0) is 38.3 Å². The first kappa shape index (κ1) is 28.1. The van der Waals surface area contributed by atoms with Crippen LogP contribution in [0.15, 0.2) is 53.9 Å². The number of aryl methyl sites for hydroxylation is 1. The molecule has 3 aromatic rings. The van der Waals surface area contributed by atoms with Crippen LogP contribution in [0.25, 0.3) is 11.1 Å². The van der Waals surface area contributed by atoms with E-state index in [0.717, 1.165) is 34.7 Å². The fourth-order valence-electron chi connectivity index (χ4n) is 3.95. The number of anilines is 1. The number of para-hydroxylation sites is 1. The van der Waals surface area contributed by atoms with Crippen molar-refractivity contribution in [3.63, 3.8) is 0 Å². The molecule has 0 bridgehead atoms. The highest BCUT2D eigenvalue weighted by molar-refractivity contribution is 7.10. The first-order valence-corrected chi connectivity index (χ1v) is 13.5. The molecule has 7 nitrogen and oxygen atoms in total. The standard InChI is InChI=1S/C29H35N3O4S/c1-5-21(17-18-32(4)26(33)15-16-27(34)36-6-2)29-31-25(19-37-29)28(35)30-24-10-8-7-9-23(24)22-13-11-20(3)12-14-22/h7-14,19,21H,5-6,15-18H2,1-4H3,(H,30,35). The van der Waals surface area contributed by atoms with Crippen LogP contribution in [-0.4, -0.2) is 47.9 Å². The lowest BCUT2D eigenvalue weighted by molar-refractivity contribution is -0.145. The van der Waals surface area contributed by atoms with Gasteiger partial charge >= 0.3 is 5.97 Å². The molecule has 1 N–H and O–H groups in total. The highest BCUT2D eigenvalue weighted by Gasteiger charge is 2.20. The van der Waals surface area contributed by atoms with Crippen molar-refractivity contribution in [2.45, 2.75) is 52.4 Å². The number of amides is 2. The zero-order valence-corrected chi connectivity index (χ0v) is 22.8. The van der Waals surface area contributed by atoms with Gasteiger partial charge in [-0.3, -0.25) is 14.4 Å². The maximum atomic E-state index is 13.0. The predicted octanol–water partition coefficient (Wildman–Crippen LogP) is 6.06. The molecule has 2 amide bonds. The lowest BCUT2D eigenvalue weighted by atomic mass is 10.0. The minimum Gasteiger partial charge on any atom is -0.466 e. The van der Waals surface area contributed by atoms with Gasteiger partial charge in [0.2, 0.25) is 5.91 Å². The highest BCUT2D eigenvalue weighted by atomic mass is 32.1. The number of esters is 1. The normalized spacial score (nSPS) is 11.6. The van der Waals surface area contributed by atoms with E-state index in [9.17, 15) is 14.4 Å². The number of hydrogen-bond donors (Lipinski definition) is 1. The van der Waals surface area contributed by atoms with Crippen molar-refractivity contribution < 1.29 is 19.1 Å². The van der Waals surface area contributed by atoms with Gasteiger partial charge in [-0.25, -0.2) is 4.98 Å². The average Bonchev–Trinajstić information content (AvgIpc) is 3.39. The van der Waals surface area contributed by atoms with Crippen molar-refractivity contribution in [3.8, 4) is 11.1 Å². The molecule has 196 valence electrons. The van der Waals surface area contributed by atoms with E-state index < -0.39 is 0 Å². The van der Waals surface area contributed by atoms with E-state index in [0.29, 0.717) is 18.8 Å². The van der Waals surface area contributed by atoms with Gasteiger partial charge in [0, 0.05) is 42.6 Å². The molecule has 1 aromatic heterocycles. The number of nitrogens with one attached hydrogen (secondary N) is 1. The highest BCUT2D eigenvalue weighted by Crippen LogP contribution is 2.30. The molecule has 2 aromatic carbocycles. The van der Waals surface area contributed by atoms with E-state index in [1.54, 1.807) is 24.3 Å². The third kappa shape index (κ3) is 7.98. The minimum atomic E-state index is -0.356. The van der Waals surface area contributed by atoms with Crippen LogP contribution in [0, 0.1) is 6.92 Å². The number of ether oxygens (including phenoxy) is 1. The summed E-state index contributed by atoms with van der Waals surface area (Å²) in [6, 6.07) is 15.9. The van der Waals surface area contributed by atoms with Gasteiger partial charge in [0.25, 0.3) is 5.91 Å². The summed E-state index contributed by atoms with van der Waals surface area (Å²) in [6.07, 6.45) is 1.79. The van der Waals surface area contributed by atoms with Crippen LogP contribution in [0.5, 0.6) is 0 Å². The van der Waals surface area contributed by atoms with Crippen LogP contribution in [0.3, 0.4) is 0 Å². The first-order chi connectivity index (χ1) is 17.8. The zero-order valence-electron chi connectivity index (χ0n) is 22.0. The Hall–Kier alpha value is -3.52. The molecule has 0 aliphatic rings. The summed E-state index contributed by atoms with van der Waals surface area (Å²) >= 11 is 1.47. The Labute approximate surface area is 222 Å². The molecule has 1 heterocycles. The molecule has 0 saturated heterocycles. The van der Waals surface area contributed by atoms with Crippen molar-refractivity contribution in [2.24, 2.45) is 0 Å². The second-order valence-electron chi connectivity index (χ2n) is 8.95. The first-order valence-electron chi connectivity index (χ1n) is 12.6. The Balaban J connectivity index is 1.60. The van der Waals surface area contributed by atoms with Gasteiger partial charge in [-0.15, -0.1) is 11.3 Å². The van der Waals surface area contributed by atoms with Crippen molar-refractivity contribution in [2.75, 3.05) is 25.5 Å². The van der Waals surface area contributed by atoms with Crippen LogP contribution in [0.4, 0.5) is 5.69 Å². The number of aromatic nitrogens is 1. The molecule has 0 fully saturated rings. The van der Waals surface area contributed by atoms with E-state index in [2.05, 4.69) is 29.4 Å². The monoisotopic (exact) mass is 521 g/mol. The van der Waals surface area contributed by atoms with Gasteiger partial charge in [0.15, 0.2) is 0 Å². The number of nitrogens with zero attached hydrogens (tertiary/aromatic N) is 2. The average molecular weight is 522 g/mol. The van der Waals surface area contributed by atoms with Crippen LogP contribution in [0.1, 0.15) is 66.5 Å². The molecule has 0 aliphatic heterocycles. The Morgan fingerprint density at radius 1 is 1.05 bits per heavy atom. The third-order valence-corrected chi connectivity index (χ3v) is 7.23. The lowest BCUT2D eigenvalue weighted by Gasteiger charge is -2.20. The number of benzene rings is 2. The number of hydrogen-bond acceptors (Lipinski definition) is 6. The summed E-state index contributed by atoms with van der Waals surface area (Å²) in [6.45, 7) is 6.73. The minimum absolute atomic E-state index is 0.0886. The Kier molecular flexibility index (Phi) is 10.4. The van der Waals surface area contributed by atoms with Gasteiger partial charge in [-0.1, -0.05) is 55.0 Å². The second-order valence-corrected chi connectivity index (χ2v) is 9.84. The molecule has 1 unspecified atom stereocenters. The molecule has 0 spiro atoms. The predicted molar refractivity (Wildman–Crippen MR) is 148 cm³/mol. The molecule has 37 heavy (non-hydrogen) atoms. The summed E-state index contributed by atoms with van der Waals surface area (Å²) in [4.78, 5) is 43.2. The van der Waals surface area contributed by atoms with Crippen LogP contribution >= 0.6 is 11.3 Å². The molecular weight excluding hydrogens is 486 g/mol. The Morgan fingerprint density at radius 3 is 2.49 bits per heavy atom. The van der Waals surface area contributed by atoms with E-state index in [-0.39, 0.29) is 36.5 Å². The van der Waals surface area contributed by atoms with E-state index in [4.69, 9.17) is 4.74 Å². The molecule has 3 rings (SSSR count). The van der Waals surface area contributed by atoms with E-state index in [1.807, 2.05) is 43.3 Å². The van der Waals surface area contributed by atoms with Crippen LogP contribution in [0.2, 0.25) is 0 Å². The molecule has 0 aliphatic carbocycles. The van der Waals surface area contributed by atoms with Crippen molar-refractivity contribution in [3.05, 3.63) is 70.2 Å². The topological polar surface area (TPSA) is 88.6 Å². The molecular formula is C29H35N3O4S. The summed E-state index contributed by atoms with van der Waals surface area (Å²) < 4.78 is 4.89. The van der Waals surface area contributed by atoms with Crippen LogP contribution in [-0.2, 0) is 14.3 Å². The van der Waals surface area contributed by atoms with Gasteiger partial charge in [-0.2, -0.15) is 0 Å². The van der Waals surface area contributed by atoms with Crippen molar-refractivity contribution >= 4 is 34.8 Å². The summed E-state index contributed by atoms with van der Waals surface area (Å²) in [7, 11) is 1.74. The fourth-order valence-corrected chi connectivity index (χ4v) is 4.97. The maximum Gasteiger partial charge on any atom is 0.306 e. The third-order valence-electron chi connectivity index (χ3n) is 6.22. The van der Waals surface area contributed by atoms with Crippen molar-refractivity contribution in [1.29, 1.82) is 0 Å². The molecule has 0 saturated carbocycles. The second kappa shape index (κ2) is 13.7. The van der Waals surface area contributed by atoms with Gasteiger partial charge < -0.3 is 15.0 Å².